The van der Waals surface area contributed by atoms with Gasteiger partial charge >= 0.3 is 21.7 Å². The van der Waals surface area contributed by atoms with Crippen molar-refractivity contribution in [2.24, 2.45) is 0 Å². The molecule has 2 aromatic carbocycles. The summed E-state index contributed by atoms with van der Waals surface area (Å²) >= 11 is 0. The van der Waals surface area contributed by atoms with Gasteiger partial charge in [-0.1, -0.05) is 65.2 Å². The topological polar surface area (TPSA) is 74.3 Å². The Labute approximate surface area is 218 Å². The number of hydrogen-bond donors (Lipinski definition) is 0. The molecule has 0 fully saturated rings. The van der Waals surface area contributed by atoms with Crippen LogP contribution in [-0.2, 0) is 32.5 Å². The van der Waals surface area contributed by atoms with Crippen LogP contribution in [0.3, 0.4) is 0 Å². The molecule has 2 aromatic rings. The molecule has 0 aliphatic rings. The fourth-order valence-corrected chi connectivity index (χ4v) is 3.50. The third kappa shape index (κ3) is 8.44. The Balaban J connectivity index is 0. The number of nitrogens with zero attached hydrogens (tertiary/aromatic N) is 2. The van der Waals surface area contributed by atoms with Gasteiger partial charge in [0.2, 0.25) is 0 Å². The van der Waals surface area contributed by atoms with E-state index in [1.54, 1.807) is 28.2 Å². The Hall–Kier alpha value is -1.33. The van der Waals surface area contributed by atoms with Crippen LogP contribution in [0, 0.1) is 27.7 Å². The maximum absolute atomic E-state index is 13.4. The Kier molecular flexibility index (Phi) is 13.9. The van der Waals surface area contributed by atoms with Crippen molar-refractivity contribution >= 4 is 0 Å². The van der Waals surface area contributed by atoms with E-state index in [4.69, 9.17) is 0 Å². The quantitative estimate of drug-likeness (QED) is 0.426. The molecule has 0 saturated carbocycles. The van der Waals surface area contributed by atoms with E-state index in [1.165, 1.54) is 0 Å². The first-order valence-corrected chi connectivity index (χ1v) is 11.1. The van der Waals surface area contributed by atoms with E-state index in [-0.39, 0.29) is 44.0 Å². The van der Waals surface area contributed by atoms with Gasteiger partial charge in [0.15, 0.2) is 0 Å². The van der Waals surface area contributed by atoms with Crippen LogP contribution >= 0.6 is 0 Å². The summed E-state index contributed by atoms with van der Waals surface area (Å²) in [4.78, 5) is 0. The largest absolute Gasteiger partial charge is 4.00 e. The van der Waals surface area contributed by atoms with Crippen LogP contribution in [0.5, 0.6) is 11.5 Å². The number of benzene rings is 2. The van der Waals surface area contributed by atoms with Crippen molar-refractivity contribution in [3.8, 4) is 22.6 Å². The van der Waals surface area contributed by atoms with Gasteiger partial charge in [-0.15, -0.1) is 0 Å². The van der Waals surface area contributed by atoms with Gasteiger partial charge in [-0.2, -0.15) is 28.2 Å². The van der Waals surface area contributed by atoms with Crippen molar-refractivity contribution in [1.29, 1.82) is 0 Å². The Bertz CT molecular complexity index is 833. The third-order valence-corrected chi connectivity index (χ3v) is 5.46. The van der Waals surface area contributed by atoms with Gasteiger partial charge in [0, 0.05) is 0 Å². The number of rotatable bonds is 1. The zero-order valence-electron chi connectivity index (χ0n) is 23.4. The summed E-state index contributed by atoms with van der Waals surface area (Å²) in [5.74, 6) is -0.0162. The van der Waals surface area contributed by atoms with Gasteiger partial charge in [-0.3, -0.25) is 0 Å². The molecule has 5 heteroatoms. The normalized spacial score (nSPS) is 11.0. The zero-order valence-corrected chi connectivity index (χ0v) is 24.9. The van der Waals surface area contributed by atoms with Crippen molar-refractivity contribution in [1.82, 2.24) is 0 Å². The van der Waals surface area contributed by atoms with Gasteiger partial charge in [-0.25, -0.2) is 0 Å². The molecule has 4 nitrogen and oxygen atoms in total. The van der Waals surface area contributed by atoms with E-state index in [9.17, 15) is 10.2 Å². The van der Waals surface area contributed by atoms with Crippen molar-refractivity contribution in [2.45, 2.75) is 80.1 Å². The Morgan fingerprint density at radius 2 is 0.788 bits per heavy atom. The second-order valence-electron chi connectivity index (χ2n) is 10.5. The van der Waals surface area contributed by atoms with E-state index in [1.807, 2.05) is 81.4 Å². The fraction of sp³-hybridized carbons (Fsp3) is 0.571. The molecule has 0 heterocycles. The molecule has 33 heavy (non-hydrogen) atoms. The van der Waals surface area contributed by atoms with Crippen LogP contribution in [0.25, 0.3) is 21.8 Å². The minimum atomic E-state index is -0.266. The maximum atomic E-state index is 13.4. The molecule has 0 aliphatic carbocycles. The van der Waals surface area contributed by atoms with Crippen LogP contribution in [0.4, 0.5) is 0 Å². The summed E-state index contributed by atoms with van der Waals surface area (Å²) in [6.07, 6.45) is 0. The average molecular weight is 489 g/mol. The maximum Gasteiger partial charge on any atom is 4.00 e. The van der Waals surface area contributed by atoms with Crippen LogP contribution < -0.4 is 10.2 Å². The van der Waals surface area contributed by atoms with Gasteiger partial charge in [0.25, 0.3) is 0 Å². The predicted molar refractivity (Wildman–Crippen MR) is 138 cm³/mol. The minimum Gasteiger partial charge on any atom is -0.872 e. The summed E-state index contributed by atoms with van der Waals surface area (Å²) in [5, 5.41) is 33.9. The molecule has 0 bridgehead atoms. The first-order chi connectivity index (χ1) is 14.5. The van der Waals surface area contributed by atoms with Crippen molar-refractivity contribution in [3.05, 3.63) is 56.1 Å². The van der Waals surface area contributed by atoms with Crippen molar-refractivity contribution in [2.75, 3.05) is 28.2 Å². The smallest absolute Gasteiger partial charge is 0.872 e. The number of hydrogen-bond acceptors (Lipinski definition) is 2. The second kappa shape index (κ2) is 13.5. The summed E-state index contributed by atoms with van der Waals surface area (Å²) < 4.78 is 0. The van der Waals surface area contributed by atoms with E-state index in [0.29, 0.717) is 11.1 Å². The molecular weight excluding hydrogens is 444 g/mol. The van der Waals surface area contributed by atoms with Crippen molar-refractivity contribution in [3.63, 3.8) is 0 Å². The SMILES string of the molecule is C[N-]C.C[N-]C.Cc1cc(C(C)(C)C)c([O-])c(-c2c(C)c(C)cc(C(C)(C)C)c2[O-])c1C.[Ti+4]. The predicted octanol–water partition coefficient (Wildman–Crippen LogP) is 6.57. The average Bonchev–Trinajstić information content (AvgIpc) is 2.63. The molecule has 0 aliphatic heterocycles. The first kappa shape index (κ1) is 33.8. The van der Waals surface area contributed by atoms with Crippen LogP contribution in [0.1, 0.15) is 74.9 Å². The van der Waals surface area contributed by atoms with Crippen LogP contribution in [-0.4, -0.2) is 28.2 Å². The molecule has 182 valence electrons. The summed E-state index contributed by atoms with van der Waals surface area (Å²) in [6, 6.07) is 3.98. The zero-order chi connectivity index (χ0) is 25.6. The molecule has 0 N–H and O–H groups in total. The molecule has 0 amide bonds. The molecule has 0 aromatic heterocycles. The molecule has 0 atom stereocenters. The van der Waals surface area contributed by atoms with E-state index in [2.05, 4.69) is 10.6 Å². The monoisotopic (exact) mass is 488 g/mol. The Morgan fingerprint density at radius 3 is 0.970 bits per heavy atom. The van der Waals surface area contributed by atoms with Gasteiger partial charge in [0.1, 0.15) is 0 Å². The van der Waals surface area contributed by atoms with Gasteiger partial charge in [0.05, 0.1) is 0 Å². The summed E-state index contributed by atoms with van der Waals surface area (Å²) in [5.41, 5.74) is 6.13. The van der Waals surface area contributed by atoms with Gasteiger partial charge < -0.3 is 20.8 Å². The minimum absolute atomic E-state index is 0. The van der Waals surface area contributed by atoms with Gasteiger partial charge in [-0.05, 0) is 83.0 Å². The molecule has 0 unspecified atom stereocenters. The van der Waals surface area contributed by atoms with Crippen LogP contribution in [0.15, 0.2) is 12.1 Å². The molecule has 0 radical (unpaired) electrons. The second-order valence-corrected chi connectivity index (χ2v) is 10.5. The molecule has 2 rings (SSSR count). The van der Waals surface area contributed by atoms with Crippen LogP contribution in [0.2, 0.25) is 0 Å². The number of aryl methyl sites for hydroxylation is 2. The van der Waals surface area contributed by atoms with E-state index >= 15 is 0 Å². The fourth-order valence-electron chi connectivity index (χ4n) is 3.50. The molecule has 0 saturated heterocycles. The van der Waals surface area contributed by atoms with E-state index in [0.717, 1.165) is 33.4 Å². The molecule has 0 spiro atoms. The summed E-state index contributed by atoms with van der Waals surface area (Å²) in [7, 11) is 7.00. The van der Waals surface area contributed by atoms with E-state index < -0.39 is 0 Å². The van der Waals surface area contributed by atoms with Crippen molar-refractivity contribution < 1.29 is 31.9 Å². The molecular formula is C28H44N2O2Ti. The summed E-state index contributed by atoms with van der Waals surface area (Å²) in [6.45, 7) is 20.2. The standard InChI is InChI=1S/C24H34O2.2C2H6N.Ti/c1-13-11-17(23(5,6)7)21(25)19(15(13)3)20-16(4)14(2)12-18(22(20)26)24(8,9)10;2*1-3-2;/h11-12,25-26H,1-10H3;2*1-2H3;/q;2*-1;+4/p-2. The Morgan fingerprint density at radius 1 is 0.576 bits per heavy atom. The third-order valence-electron chi connectivity index (χ3n) is 5.46. The first-order valence-electron chi connectivity index (χ1n) is 11.1.